The van der Waals surface area contributed by atoms with Gasteiger partial charge in [-0.25, -0.2) is 0 Å². The topological polar surface area (TPSA) is 71.1 Å². The number of aldehydes is 2. The van der Waals surface area contributed by atoms with Crippen LogP contribution in [0.2, 0.25) is 0 Å². The number of hydrogen-bond donors (Lipinski definition) is 0. The molecular weight excluding hydrogens is 1420 g/mol. The largest absolute Gasteiger partial charge is 0.493 e. The Labute approximate surface area is 659 Å². The molecule has 6 aromatic heterocycles. The van der Waals surface area contributed by atoms with Crippen LogP contribution in [0.25, 0.3) is 47.7 Å². The van der Waals surface area contributed by atoms with Crippen molar-refractivity contribution in [3.05, 3.63) is 163 Å². The summed E-state index contributed by atoms with van der Waals surface area (Å²) in [7, 11) is 0. The molecule has 12 heteroatoms. The lowest BCUT2D eigenvalue weighted by Crippen LogP contribution is -2.29. The van der Waals surface area contributed by atoms with Crippen molar-refractivity contribution in [1.29, 1.82) is 0 Å². The summed E-state index contributed by atoms with van der Waals surface area (Å²) in [6.45, 7) is 21.3. The summed E-state index contributed by atoms with van der Waals surface area (Å²) < 4.78 is 35.0. The predicted octanol–water partition coefficient (Wildman–Crippen LogP) is 30.5. The lowest BCUT2D eigenvalue weighted by molar-refractivity contribution is 0.111. The van der Waals surface area contributed by atoms with Crippen LogP contribution in [-0.2, 0) is 10.8 Å². The summed E-state index contributed by atoms with van der Waals surface area (Å²) in [5.74, 6) is 5.69. The highest BCUT2D eigenvalue weighted by Crippen LogP contribution is 2.72. The Balaban J connectivity index is 1.05. The normalized spacial score (nSPS) is 16.3. The molecule has 0 spiro atoms. The van der Waals surface area contributed by atoms with E-state index in [0.29, 0.717) is 50.1 Å². The highest BCUT2D eigenvalue weighted by Gasteiger charge is 2.56. The molecule has 0 fully saturated rings. The number of carbonyl (C=O) groups excluding carboxylic acids is 2. The molecule has 4 unspecified atom stereocenters. The van der Waals surface area contributed by atoms with E-state index in [1.807, 2.05) is 45.3 Å². The third-order valence-corrected chi connectivity index (χ3v) is 30.8. The van der Waals surface area contributed by atoms with E-state index in [-0.39, 0.29) is 0 Å². The first-order valence-electron chi connectivity index (χ1n) is 41.7. The molecule has 4 aromatic carbocycles. The molecule has 6 nitrogen and oxygen atoms in total. The Morgan fingerprint density at radius 3 is 0.764 bits per heavy atom. The van der Waals surface area contributed by atoms with Gasteiger partial charge in [0, 0.05) is 31.7 Å². The maximum atomic E-state index is 13.1. The van der Waals surface area contributed by atoms with Gasteiger partial charge in [-0.3, -0.25) is 9.59 Å². The summed E-state index contributed by atoms with van der Waals surface area (Å²) in [4.78, 5) is 32.8. The van der Waals surface area contributed by atoms with Gasteiger partial charge in [0.25, 0.3) is 0 Å². The van der Waals surface area contributed by atoms with Crippen LogP contribution in [0.1, 0.15) is 325 Å². The fourth-order valence-corrected chi connectivity index (χ4v) is 25.9. The molecule has 106 heavy (non-hydrogen) atoms. The molecule has 0 bridgehead atoms. The van der Waals surface area contributed by atoms with Gasteiger partial charge in [-0.1, -0.05) is 258 Å². The Hall–Kier alpha value is -5.60. The van der Waals surface area contributed by atoms with Crippen LogP contribution in [-0.4, -0.2) is 39.0 Å². The van der Waals surface area contributed by atoms with Crippen molar-refractivity contribution in [1.82, 2.24) is 0 Å². The third kappa shape index (κ3) is 17.6. The van der Waals surface area contributed by atoms with Gasteiger partial charge in [0.2, 0.25) is 0 Å². The van der Waals surface area contributed by atoms with Crippen molar-refractivity contribution in [2.45, 2.75) is 272 Å². The fraction of sp³-hybridized carbons (Fsp3) is 0.532. The molecule has 0 N–H and O–H groups in total. The Kier molecular flexibility index (Phi) is 29.7. The first kappa shape index (κ1) is 79.9. The van der Waals surface area contributed by atoms with Crippen molar-refractivity contribution in [2.24, 2.45) is 23.7 Å². The molecule has 2 aliphatic rings. The molecule has 0 radical (unpaired) electrons. The van der Waals surface area contributed by atoms with Crippen molar-refractivity contribution >= 4 is 109 Å². The van der Waals surface area contributed by atoms with Crippen molar-refractivity contribution in [3.63, 3.8) is 0 Å². The van der Waals surface area contributed by atoms with Crippen LogP contribution in [0.5, 0.6) is 23.0 Å². The minimum absolute atomic E-state index is 0.517. The number of ether oxygens (including phenoxy) is 4. The van der Waals surface area contributed by atoms with E-state index in [9.17, 15) is 9.59 Å². The second-order valence-electron chi connectivity index (χ2n) is 31.1. The van der Waals surface area contributed by atoms with Crippen LogP contribution in [0.4, 0.5) is 0 Å². The van der Waals surface area contributed by atoms with E-state index in [4.69, 9.17) is 18.9 Å². The lowest BCUT2D eigenvalue weighted by Gasteiger charge is -2.34. The second-order valence-corrected chi connectivity index (χ2v) is 37.4. The van der Waals surface area contributed by atoms with Gasteiger partial charge in [-0.15, -0.1) is 68.0 Å². The molecular formula is C94H120O6S6. The van der Waals surface area contributed by atoms with Gasteiger partial charge < -0.3 is 18.9 Å². The summed E-state index contributed by atoms with van der Waals surface area (Å²) >= 11 is 10.9. The molecule has 10 aromatic rings. The first-order chi connectivity index (χ1) is 52.1. The van der Waals surface area contributed by atoms with Crippen LogP contribution in [0, 0.1) is 23.7 Å². The van der Waals surface area contributed by atoms with Gasteiger partial charge in [0.1, 0.15) is 23.0 Å². The molecule has 2 aliphatic carbocycles. The van der Waals surface area contributed by atoms with Gasteiger partial charge in [0.05, 0.1) is 85.3 Å². The maximum Gasteiger partial charge on any atom is 0.160 e. The van der Waals surface area contributed by atoms with Crippen molar-refractivity contribution in [3.8, 4) is 42.5 Å². The molecule has 12 rings (SSSR count). The molecule has 0 aliphatic heterocycles. The van der Waals surface area contributed by atoms with Gasteiger partial charge in [-0.2, -0.15) is 0 Å². The zero-order valence-corrected chi connectivity index (χ0v) is 70.1. The van der Waals surface area contributed by atoms with E-state index in [2.05, 4.69) is 165 Å². The van der Waals surface area contributed by atoms with Crippen molar-refractivity contribution in [2.75, 3.05) is 26.4 Å². The minimum atomic E-state index is -0.804. The van der Waals surface area contributed by atoms with E-state index in [1.165, 1.54) is 288 Å². The van der Waals surface area contributed by atoms with Crippen LogP contribution < -0.4 is 18.9 Å². The number of unbranched alkanes of at least 4 members (excludes halogenated alkanes) is 16. The molecule has 4 atom stereocenters. The molecule has 6 heterocycles. The minimum Gasteiger partial charge on any atom is -0.493 e. The van der Waals surface area contributed by atoms with Crippen LogP contribution in [0.3, 0.4) is 0 Å². The highest BCUT2D eigenvalue weighted by molar-refractivity contribution is 7.37. The molecule has 0 saturated carbocycles. The maximum absolute atomic E-state index is 13.1. The first-order valence-corrected chi connectivity index (χ1v) is 46.6. The second kappa shape index (κ2) is 39.3. The number of carbonyl (C=O) groups is 2. The summed E-state index contributed by atoms with van der Waals surface area (Å²) in [6, 6.07) is 41.4. The van der Waals surface area contributed by atoms with E-state index < -0.39 is 10.8 Å². The number of benzene rings is 4. The lowest BCUT2D eigenvalue weighted by atomic mass is 9.67. The predicted molar refractivity (Wildman–Crippen MR) is 461 cm³/mol. The average molecular weight is 1540 g/mol. The quantitative estimate of drug-likeness (QED) is 0.0279. The summed E-state index contributed by atoms with van der Waals surface area (Å²) in [5.41, 5.74) is 8.31. The number of rotatable bonds is 50. The zero-order chi connectivity index (χ0) is 73.8. The van der Waals surface area contributed by atoms with Gasteiger partial charge in [-0.05, 0) is 158 Å². The zero-order valence-electron chi connectivity index (χ0n) is 65.2. The number of fused-ring (bicyclic) bond motifs is 13. The summed E-state index contributed by atoms with van der Waals surface area (Å²) in [5, 5.41) is 0. The third-order valence-electron chi connectivity index (χ3n) is 23.3. The van der Waals surface area contributed by atoms with Gasteiger partial charge in [0.15, 0.2) is 12.6 Å². The van der Waals surface area contributed by atoms with E-state index in [1.54, 1.807) is 22.7 Å². The molecule has 0 saturated heterocycles. The number of hydrogen-bond acceptors (Lipinski definition) is 12. The average Bonchev–Trinajstić information content (AvgIpc) is 1.48. The fourth-order valence-electron chi connectivity index (χ4n) is 17.3. The smallest absolute Gasteiger partial charge is 0.160 e. The Morgan fingerprint density at radius 2 is 0.519 bits per heavy atom. The monoisotopic (exact) mass is 1540 g/mol. The van der Waals surface area contributed by atoms with Crippen molar-refractivity contribution < 1.29 is 28.5 Å². The van der Waals surface area contributed by atoms with E-state index >= 15 is 0 Å². The van der Waals surface area contributed by atoms with Crippen LogP contribution >= 0.6 is 68.0 Å². The standard InChI is InChI=1S/C94H120O6S6/c1-9-17-25-29-37-65(33-21-13-5)61-97-73-49-41-69(42-50-73)93(70-43-51-74(52-44-70)98-62-66(34-22-14-6)38-30-26-18-10-2)81-85-79(57-77(59-95)101-85)103-87(81)89-83(93)91-92(105-89)84-90(106-91)88-82(86-80(104-88)58-78(60-96)102-86)94(84,71-45-53-75(54-46-71)99-63-67(35-23-15-7)39-31-27-19-11-3)72-47-55-76(56-48-72)100-64-68(36-24-16-8)40-32-28-20-12-4/h41-60,65-68H,9-40,61-64H2,1-8H3. The SMILES string of the molecule is CCCCCCC(CCCC)COc1ccc(C2(c3ccc(OCC(CCCC)CCCCCC)cc3)c3c(sc4cc(C=O)sc34)-c3sc4c5c(sc4c32)-c2sc3cc(C=O)sc3c2C5(c2ccc(OCC(CCCC)CCCCCC)cc2)c2ccc(OCC(CCCC)CCCCCC)cc2)cc1. The number of thiophene rings is 6. The molecule has 0 amide bonds. The Morgan fingerprint density at radius 1 is 0.283 bits per heavy atom. The van der Waals surface area contributed by atoms with Crippen LogP contribution in [0.15, 0.2) is 109 Å². The molecule has 568 valence electrons. The summed E-state index contributed by atoms with van der Waals surface area (Å²) in [6.07, 6.45) is 41.5. The van der Waals surface area contributed by atoms with E-state index in [0.717, 1.165) is 54.7 Å². The highest BCUT2D eigenvalue weighted by atomic mass is 32.1. The Bertz CT molecular complexity index is 3920. The van der Waals surface area contributed by atoms with Gasteiger partial charge >= 0.3 is 0 Å².